The maximum absolute atomic E-state index is 11.9. The average Bonchev–Trinajstić information content (AvgIpc) is 2.35. The Kier molecular flexibility index (Phi) is 3.08. The summed E-state index contributed by atoms with van der Waals surface area (Å²) in [6.07, 6.45) is 3.37. The van der Waals surface area contributed by atoms with Gasteiger partial charge in [0.2, 0.25) is 11.8 Å². The minimum atomic E-state index is -0.431. The molecule has 2 heterocycles. The van der Waals surface area contributed by atoms with Crippen LogP contribution in [0.2, 0.25) is 0 Å². The zero-order chi connectivity index (χ0) is 12.4. The van der Waals surface area contributed by atoms with Gasteiger partial charge in [0, 0.05) is 12.4 Å². The van der Waals surface area contributed by atoms with Crippen molar-refractivity contribution in [2.45, 2.75) is 25.9 Å². The summed E-state index contributed by atoms with van der Waals surface area (Å²) in [4.78, 5) is 29.0. The maximum atomic E-state index is 11.9. The molecule has 0 spiro atoms. The standard InChI is InChI=1S/C12H15N3O2/c1-8(10-3-5-13-6-4-10)15-9(2)12(17)14-7-11(15)16/h3-6,8-9H,7H2,1-2H3,(H,14,17). The number of pyridine rings is 1. The lowest BCUT2D eigenvalue weighted by Crippen LogP contribution is -2.57. The van der Waals surface area contributed by atoms with E-state index in [1.807, 2.05) is 19.1 Å². The molecule has 2 amide bonds. The minimum absolute atomic E-state index is 0.0542. The van der Waals surface area contributed by atoms with E-state index in [1.165, 1.54) is 0 Å². The van der Waals surface area contributed by atoms with Crippen molar-refractivity contribution < 1.29 is 9.59 Å². The van der Waals surface area contributed by atoms with Crippen LogP contribution in [-0.4, -0.2) is 34.3 Å². The maximum Gasteiger partial charge on any atom is 0.243 e. The van der Waals surface area contributed by atoms with Crippen molar-refractivity contribution in [1.29, 1.82) is 0 Å². The Morgan fingerprint density at radius 3 is 2.71 bits per heavy atom. The highest BCUT2D eigenvalue weighted by Gasteiger charge is 2.34. The third-order valence-electron chi connectivity index (χ3n) is 3.10. The predicted molar refractivity (Wildman–Crippen MR) is 62.0 cm³/mol. The zero-order valence-electron chi connectivity index (χ0n) is 9.88. The molecule has 0 bridgehead atoms. The van der Waals surface area contributed by atoms with Crippen LogP contribution in [0.5, 0.6) is 0 Å². The Bertz CT molecular complexity index is 433. The first-order valence-corrected chi connectivity index (χ1v) is 5.60. The lowest BCUT2D eigenvalue weighted by Gasteiger charge is -2.37. The molecule has 1 N–H and O–H groups in total. The number of nitrogens with one attached hydrogen (secondary N) is 1. The fourth-order valence-electron chi connectivity index (χ4n) is 2.10. The number of amides is 2. The second kappa shape index (κ2) is 4.53. The highest BCUT2D eigenvalue weighted by Crippen LogP contribution is 2.23. The van der Waals surface area contributed by atoms with Crippen molar-refractivity contribution in [2.75, 3.05) is 6.54 Å². The molecule has 5 nitrogen and oxygen atoms in total. The summed E-state index contributed by atoms with van der Waals surface area (Å²) in [6, 6.07) is 3.17. The van der Waals surface area contributed by atoms with Crippen molar-refractivity contribution in [3.8, 4) is 0 Å². The van der Waals surface area contributed by atoms with Crippen LogP contribution in [0.3, 0.4) is 0 Å². The van der Waals surface area contributed by atoms with Crippen LogP contribution in [0.15, 0.2) is 24.5 Å². The quantitative estimate of drug-likeness (QED) is 0.808. The topological polar surface area (TPSA) is 62.3 Å². The fraction of sp³-hybridized carbons (Fsp3) is 0.417. The fourth-order valence-corrected chi connectivity index (χ4v) is 2.10. The van der Waals surface area contributed by atoms with Gasteiger partial charge in [-0.1, -0.05) is 0 Å². The van der Waals surface area contributed by atoms with Gasteiger partial charge in [-0.3, -0.25) is 14.6 Å². The van der Waals surface area contributed by atoms with Crippen molar-refractivity contribution in [3.63, 3.8) is 0 Å². The first kappa shape index (κ1) is 11.6. The molecule has 1 aliphatic heterocycles. The predicted octanol–water partition coefficient (Wildman–Crippen LogP) is 0.489. The number of rotatable bonds is 2. The molecule has 90 valence electrons. The summed E-state index contributed by atoms with van der Waals surface area (Å²) >= 11 is 0. The number of aromatic nitrogens is 1. The molecule has 0 saturated carbocycles. The molecule has 2 rings (SSSR count). The first-order valence-electron chi connectivity index (χ1n) is 5.60. The van der Waals surface area contributed by atoms with E-state index in [0.29, 0.717) is 0 Å². The van der Waals surface area contributed by atoms with Crippen molar-refractivity contribution in [1.82, 2.24) is 15.2 Å². The van der Waals surface area contributed by atoms with E-state index in [-0.39, 0.29) is 24.4 Å². The van der Waals surface area contributed by atoms with E-state index in [2.05, 4.69) is 10.3 Å². The SMILES string of the molecule is CC1C(=O)NCC(=O)N1C(C)c1ccncc1. The monoisotopic (exact) mass is 233 g/mol. The molecule has 1 fully saturated rings. The van der Waals surface area contributed by atoms with Crippen LogP contribution in [-0.2, 0) is 9.59 Å². The molecule has 2 unspecified atom stereocenters. The lowest BCUT2D eigenvalue weighted by atomic mass is 10.0. The highest BCUT2D eigenvalue weighted by atomic mass is 16.2. The van der Waals surface area contributed by atoms with Gasteiger partial charge in [0.25, 0.3) is 0 Å². The Hall–Kier alpha value is -1.91. The number of nitrogens with zero attached hydrogens (tertiary/aromatic N) is 2. The van der Waals surface area contributed by atoms with Gasteiger partial charge >= 0.3 is 0 Å². The van der Waals surface area contributed by atoms with Crippen LogP contribution in [0.25, 0.3) is 0 Å². The summed E-state index contributed by atoms with van der Waals surface area (Å²) in [5.74, 6) is -0.160. The number of piperazine rings is 1. The smallest absolute Gasteiger partial charge is 0.243 e. The Morgan fingerprint density at radius 2 is 2.06 bits per heavy atom. The lowest BCUT2D eigenvalue weighted by molar-refractivity contribution is -0.147. The van der Waals surface area contributed by atoms with Gasteiger partial charge in [-0.15, -0.1) is 0 Å². The van der Waals surface area contributed by atoms with E-state index >= 15 is 0 Å². The molecule has 17 heavy (non-hydrogen) atoms. The molecule has 0 radical (unpaired) electrons. The second-order valence-electron chi connectivity index (χ2n) is 4.15. The molecule has 1 aromatic heterocycles. The first-order chi connectivity index (χ1) is 8.11. The molecule has 0 aromatic carbocycles. The molecule has 1 saturated heterocycles. The average molecular weight is 233 g/mol. The van der Waals surface area contributed by atoms with Gasteiger partial charge in [-0.2, -0.15) is 0 Å². The summed E-state index contributed by atoms with van der Waals surface area (Å²) in [5, 5.41) is 2.58. The normalized spacial score (nSPS) is 22.2. The van der Waals surface area contributed by atoms with Crippen molar-refractivity contribution >= 4 is 11.8 Å². The highest BCUT2D eigenvalue weighted by molar-refractivity contribution is 5.94. The van der Waals surface area contributed by atoms with E-state index in [4.69, 9.17) is 0 Å². The largest absolute Gasteiger partial charge is 0.345 e. The molecule has 5 heteroatoms. The van der Waals surface area contributed by atoms with Gasteiger partial charge in [-0.25, -0.2) is 0 Å². The van der Waals surface area contributed by atoms with E-state index < -0.39 is 6.04 Å². The van der Waals surface area contributed by atoms with Gasteiger partial charge < -0.3 is 10.2 Å². The van der Waals surface area contributed by atoms with Crippen molar-refractivity contribution in [2.24, 2.45) is 0 Å². The van der Waals surface area contributed by atoms with Gasteiger partial charge in [0.05, 0.1) is 12.6 Å². The minimum Gasteiger partial charge on any atom is -0.345 e. The van der Waals surface area contributed by atoms with Crippen LogP contribution >= 0.6 is 0 Å². The molecular formula is C12H15N3O2. The number of carbonyl (C=O) groups is 2. The Balaban J connectivity index is 2.26. The number of carbonyl (C=O) groups excluding carboxylic acids is 2. The molecule has 1 aliphatic rings. The van der Waals surface area contributed by atoms with Crippen LogP contribution in [0.4, 0.5) is 0 Å². The Labute approximate surface area is 99.8 Å². The van der Waals surface area contributed by atoms with Crippen LogP contribution in [0.1, 0.15) is 25.5 Å². The molecular weight excluding hydrogens is 218 g/mol. The summed E-state index contributed by atoms with van der Waals surface area (Å²) in [5.41, 5.74) is 0.981. The second-order valence-corrected chi connectivity index (χ2v) is 4.15. The van der Waals surface area contributed by atoms with Crippen molar-refractivity contribution in [3.05, 3.63) is 30.1 Å². The summed E-state index contributed by atoms with van der Waals surface area (Å²) in [7, 11) is 0. The summed E-state index contributed by atoms with van der Waals surface area (Å²) < 4.78 is 0. The number of hydrogen-bond donors (Lipinski definition) is 1. The third-order valence-corrected chi connectivity index (χ3v) is 3.10. The van der Waals surface area contributed by atoms with Gasteiger partial charge in [-0.05, 0) is 31.5 Å². The van der Waals surface area contributed by atoms with E-state index in [9.17, 15) is 9.59 Å². The Morgan fingerprint density at radius 1 is 1.41 bits per heavy atom. The van der Waals surface area contributed by atoms with Gasteiger partial charge in [0.15, 0.2) is 0 Å². The molecule has 1 aromatic rings. The van der Waals surface area contributed by atoms with Crippen LogP contribution in [0, 0.1) is 0 Å². The summed E-state index contributed by atoms with van der Waals surface area (Å²) in [6.45, 7) is 3.74. The molecule has 0 aliphatic carbocycles. The third kappa shape index (κ3) is 2.13. The zero-order valence-corrected chi connectivity index (χ0v) is 9.88. The van der Waals surface area contributed by atoms with E-state index in [1.54, 1.807) is 24.2 Å². The van der Waals surface area contributed by atoms with Crippen LogP contribution < -0.4 is 5.32 Å². The van der Waals surface area contributed by atoms with E-state index in [0.717, 1.165) is 5.56 Å². The molecule has 2 atom stereocenters. The number of hydrogen-bond acceptors (Lipinski definition) is 3. The van der Waals surface area contributed by atoms with Gasteiger partial charge in [0.1, 0.15) is 6.04 Å².